The third-order valence-electron chi connectivity index (χ3n) is 10.0. The van der Waals surface area contributed by atoms with Crippen LogP contribution in [-0.2, 0) is 25.6 Å². The van der Waals surface area contributed by atoms with Crippen molar-refractivity contribution in [3.05, 3.63) is 35.0 Å². The third kappa shape index (κ3) is 6.35. The first-order chi connectivity index (χ1) is 22.3. The summed E-state index contributed by atoms with van der Waals surface area (Å²) in [6.45, 7) is 15.3. The van der Waals surface area contributed by atoms with Crippen molar-refractivity contribution in [1.29, 1.82) is 0 Å². The van der Waals surface area contributed by atoms with Crippen LogP contribution in [0.15, 0.2) is 18.2 Å². The van der Waals surface area contributed by atoms with Gasteiger partial charge in [-0.3, -0.25) is 4.79 Å². The zero-order valence-corrected chi connectivity index (χ0v) is 29.8. The lowest BCUT2D eigenvalue weighted by Crippen LogP contribution is -2.60. The third-order valence-corrected chi connectivity index (χ3v) is 10.0. The van der Waals surface area contributed by atoms with Gasteiger partial charge in [-0.15, -0.1) is 0 Å². The molecule has 2 amide bonds. The van der Waals surface area contributed by atoms with E-state index in [2.05, 4.69) is 0 Å². The minimum absolute atomic E-state index is 0.0273. The van der Waals surface area contributed by atoms with E-state index in [1.165, 1.54) is 11.4 Å². The van der Waals surface area contributed by atoms with Crippen LogP contribution in [0.3, 0.4) is 0 Å². The molecule has 1 aromatic heterocycles. The molecule has 0 radical (unpaired) electrons. The van der Waals surface area contributed by atoms with Gasteiger partial charge in [0.25, 0.3) is 5.91 Å². The molecule has 1 saturated heterocycles. The summed E-state index contributed by atoms with van der Waals surface area (Å²) in [6.07, 6.45) is 4.13. The number of fused-ring (bicyclic) bond motifs is 1. The van der Waals surface area contributed by atoms with Crippen molar-refractivity contribution in [2.45, 2.75) is 130 Å². The molecular formula is C37H51N3O8. The largest absolute Gasteiger partial charge is 0.455 e. The van der Waals surface area contributed by atoms with Crippen LogP contribution in [0.2, 0.25) is 0 Å². The number of aliphatic hydroxyl groups is 1. The summed E-state index contributed by atoms with van der Waals surface area (Å²) >= 11 is 0. The van der Waals surface area contributed by atoms with Crippen LogP contribution in [0.25, 0.3) is 10.9 Å². The van der Waals surface area contributed by atoms with E-state index in [4.69, 9.17) is 14.2 Å². The van der Waals surface area contributed by atoms with Gasteiger partial charge in [0.1, 0.15) is 22.5 Å². The van der Waals surface area contributed by atoms with Crippen LogP contribution >= 0.6 is 0 Å². The number of carbonyl (C=O) groups is 4. The molecule has 48 heavy (non-hydrogen) atoms. The normalized spacial score (nSPS) is 27.5. The molecule has 1 atom stereocenters. The molecule has 4 bridgehead atoms. The Morgan fingerprint density at radius 2 is 1.33 bits per heavy atom. The van der Waals surface area contributed by atoms with Gasteiger partial charge in [0.2, 0.25) is 0 Å². The monoisotopic (exact) mass is 665 g/mol. The van der Waals surface area contributed by atoms with Crippen molar-refractivity contribution < 1.29 is 38.5 Å². The number of aromatic nitrogens is 1. The van der Waals surface area contributed by atoms with Crippen molar-refractivity contribution in [3.63, 3.8) is 0 Å². The second-order valence-corrected chi connectivity index (χ2v) is 17.3. The lowest BCUT2D eigenvalue weighted by molar-refractivity contribution is -0.153. The Hall–Kier alpha value is -3.44. The summed E-state index contributed by atoms with van der Waals surface area (Å²) in [5.74, 6) is 0.105. The maximum Gasteiger partial charge on any atom is 0.432 e. The predicted octanol–water partition coefficient (Wildman–Crippen LogP) is 6.77. The highest BCUT2D eigenvalue weighted by molar-refractivity contribution is 6.07. The van der Waals surface area contributed by atoms with Crippen molar-refractivity contribution >= 4 is 35.0 Å². The second-order valence-electron chi connectivity index (χ2n) is 17.3. The molecule has 1 unspecified atom stereocenters. The van der Waals surface area contributed by atoms with Gasteiger partial charge in [-0.05, 0) is 130 Å². The molecular weight excluding hydrogens is 614 g/mol. The quantitative estimate of drug-likeness (QED) is 0.278. The molecule has 4 saturated carbocycles. The van der Waals surface area contributed by atoms with Gasteiger partial charge in [-0.2, -0.15) is 5.01 Å². The number of hydrogen-bond acceptors (Lipinski definition) is 9. The Labute approximate surface area is 282 Å². The molecule has 11 heteroatoms. The number of hydrazine groups is 1. The Kier molecular flexibility index (Phi) is 8.51. The summed E-state index contributed by atoms with van der Waals surface area (Å²) in [4.78, 5) is 56.0. The first kappa shape index (κ1) is 34.4. The smallest absolute Gasteiger partial charge is 0.432 e. The number of benzene rings is 1. The minimum atomic E-state index is -0.893. The molecule has 262 valence electrons. The zero-order valence-electron chi connectivity index (χ0n) is 29.8. The second kappa shape index (κ2) is 11.9. The molecule has 4 aliphatic carbocycles. The van der Waals surface area contributed by atoms with Crippen molar-refractivity contribution in [3.8, 4) is 0 Å². The topological polar surface area (TPSA) is 128 Å². The van der Waals surface area contributed by atoms with E-state index in [1.54, 1.807) is 80.5 Å². The van der Waals surface area contributed by atoms with E-state index < -0.39 is 53.4 Å². The van der Waals surface area contributed by atoms with E-state index in [0.29, 0.717) is 40.1 Å². The number of nitrogens with zero attached hydrogens (tertiary/aromatic N) is 3. The number of imide groups is 1. The molecule has 2 aromatic rings. The Balaban J connectivity index is 1.49. The first-order valence-corrected chi connectivity index (χ1v) is 17.3. The molecule has 1 N–H and O–H groups in total. The van der Waals surface area contributed by atoms with Gasteiger partial charge in [0.15, 0.2) is 0 Å². The van der Waals surface area contributed by atoms with Crippen LogP contribution in [0.5, 0.6) is 0 Å². The fraction of sp³-hybridized carbons (Fsp3) is 0.676. The number of hydrogen-bond donors (Lipinski definition) is 1. The van der Waals surface area contributed by atoms with Crippen molar-refractivity contribution in [2.24, 2.45) is 23.7 Å². The van der Waals surface area contributed by atoms with Crippen LogP contribution < -0.4 is 0 Å². The van der Waals surface area contributed by atoms with Crippen LogP contribution in [0, 0.1) is 23.7 Å². The molecule has 0 spiro atoms. The SMILES string of the molecule is CC(C)(C)OC(=O)c1c(CO)c2c(C3CN(C4C5CC6CC(C5)CC4C6)N(C(=O)OC(C)(C)C)C3=O)cccc2n1C(=O)OC(C)(C)C. The molecule has 5 fully saturated rings. The van der Waals surface area contributed by atoms with E-state index in [0.717, 1.165) is 30.3 Å². The maximum absolute atomic E-state index is 14.6. The highest BCUT2D eigenvalue weighted by atomic mass is 16.6. The molecule has 5 aliphatic rings. The highest BCUT2D eigenvalue weighted by Crippen LogP contribution is 2.56. The Morgan fingerprint density at radius 3 is 1.85 bits per heavy atom. The van der Waals surface area contributed by atoms with E-state index in [-0.39, 0.29) is 23.8 Å². The molecule has 2 heterocycles. The van der Waals surface area contributed by atoms with Gasteiger partial charge >= 0.3 is 18.2 Å². The average Bonchev–Trinajstić information content (AvgIpc) is 3.44. The van der Waals surface area contributed by atoms with E-state index in [9.17, 15) is 24.3 Å². The number of esters is 1. The van der Waals surface area contributed by atoms with Crippen molar-refractivity contribution in [2.75, 3.05) is 6.54 Å². The van der Waals surface area contributed by atoms with Gasteiger partial charge < -0.3 is 19.3 Å². The number of carbonyl (C=O) groups excluding carboxylic acids is 4. The van der Waals surface area contributed by atoms with Gasteiger partial charge in [0, 0.05) is 23.5 Å². The number of amides is 2. The zero-order chi connectivity index (χ0) is 35.1. The Morgan fingerprint density at radius 1 is 0.792 bits per heavy atom. The van der Waals surface area contributed by atoms with E-state index in [1.807, 2.05) is 5.01 Å². The molecule has 1 aliphatic heterocycles. The lowest BCUT2D eigenvalue weighted by atomic mass is 9.54. The summed E-state index contributed by atoms with van der Waals surface area (Å²) in [5.41, 5.74) is -1.78. The predicted molar refractivity (Wildman–Crippen MR) is 178 cm³/mol. The summed E-state index contributed by atoms with van der Waals surface area (Å²) in [5, 5.41) is 14.4. The lowest BCUT2D eigenvalue weighted by Gasteiger charge is -2.57. The average molecular weight is 666 g/mol. The molecule has 1 aromatic carbocycles. The fourth-order valence-corrected chi connectivity index (χ4v) is 8.92. The number of aliphatic hydroxyl groups excluding tert-OH is 1. The van der Waals surface area contributed by atoms with E-state index >= 15 is 0 Å². The number of rotatable bonds is 4. The van der Waals surface area contributed by atoms with Crippen LogP contribution in [-0.4, -0.2) is 73.1 Å². The fourth-order valence-electron chi connectivity index (χ4n) is 8.92. The summed E-state index contributed by atoms with van der Waals surface area (Å²) in [6, 6.07) is 5.18. The summed E-state index contributed by atoms with van der Waals surface area (Å²) < 4.78 is 18.4. The summed E-state index contributed by atoms with van der Waals surface area (Å²) in [7, 11) is 0. The van der Waals surface area contributed by atoms with Gasteiger partial charge in [0.05, 0.1) is 18.0 Å². The molecule has 7 rings (SSSR count). The van der Waals surface area contributed by atoms with Gasteiger partial charge in [-0.1, -0.05) is 12.1 Å². The molecule has 11 nitrogen and oxygen atoms in total. The van der Waals surface area contributed by atoms with Crippen molar-refractivity contribution in [1.82, 2.24) is 14.6 Å². The first-order valence-electron chi connectivity index (χ1n) is 17.3. The highest BCUT2D eigenvalue weighted by Gasteiger charge is 2.56. The standard InChI is InChI=1S/C37H51N3O8/c1-35(2,3)46-32(43)30-26(19-41)28-24(11-10-12-27(28)39(30)33(44)47-36(4,5)6)25-18-38(40(31(25)42)34(45)48-37(7,8)9)29-22-14-20-13-21(16-22)17-23(29)15-20/h10-12,20-23,25,29,41H,13-19H2,1-9H3. The van der Waals surface area contributed by atoms with Crippen LogP contribution in [0.1, 0.15) is 122 Å². The maximum atomic E-state index is 14.6. The minimum Gasteiger partial charge on any atom is -0.455 e. The van der Waals surface area contributed by atoms with Crippen LogP contribution in [0.4, 0.5) is 9.59 Å². The van der Waals surface area contributed by atoms with Gasteiger partial charge in [-0.25, -0.2) is 24.0 Å². The Bertz CT molecular complexity index is 1610. The number of ether oxygens (including phenoxy) is 3.